The zero-order valence-corrected chi connectivity index (χ0v) is 7.40. The molecule has 0 amide bonds. The van der Waals surface area contributed by atoms with Crippen LogP contribution in [0.3, 0.4) is 0 Å². The minimum Gasteiger partial charge on any atom is -0.477 e. The molecular weight excluding hydrogens is 146 g/mol. The number of likely N-dealkylation sites (N-methyl/N-ethyl adjacent to an activating group) is 1. The highest BCUT2D eigenvalue weighted by Crippen LogP contribution is 2.07. The van der Waals surface area contributed by atoms with Crippen LogP contribution in [-0.2, 0) is 4.79 Å². The van der Waals surface area contributed by atoms with E-state index in [2.05, 4.69) is 0 Å². The van der Waals surface area contributed by atoms with Crippen molar-refractivity contribution in [1.29, 1.82) is 0 Å². The maximum absolute atomic E-state index is 10.6. The van der Waals surface area contributed by atoms with Crippen LogP contribution in [-0.4, -0.2) is 54.0 Å². The third kappa shape index (κ3) is 2.86. The molecule has 0 heterocycles. The third-order valence-corrected chi connectivity index (χ3v) is 1.54. The van der Waals surface area contributed by atoms with Crippen molar-refractivity contribution in [3.05, 3.63) is 0 Å². The Morgan fingerprint density at radius 2 is 1.73 bits per heavy atom. The van der Waals surface area contributed by atoms with E-state index in [-0.39, 0.29) is 4.48 Å². The first kappa shape index (κ1) is 10.4. The molecule has 2 atom stereocenters. The highest BCUT2D eigenvalue weighted by atomic mass is 16.4. The van der Waals surface area contributed by atoms with Crippen molar-refractivity contribution in [3.8, 4) is 0 Å². The lowest BCUT2D eigenvalue weighted by atomic mass is 10.1. The molecule has 0 bridgehead atoms. The molecule has 0 aliphatic carbocycles. The number of hydrogen-bond donors (Lipinski definition) is 2. The molecule has 1 unspecified atom stereocenters. The first-order valence-corrected chi connectivity index (χ1v) is 3.49. The molecule has 4 nitrogen and oxygen atoms in total. The van der Waals surface area contributed by atoms with E-state index in [4.69, 9.17) is 10.2 Å². The summed E-state index contributed by atoms with van der Waals surface area (Å²) in [6.07, 6.45) is -0.826. The van der Waals surface area contributed by atoms with Crippen molar-refractivity contribution in [2.75, 3.05) is 21.1 Å². The van der Waals surface area contributed by atoms with Gasteiger partial charge in [0.1, 0.15) is 6.10 Å². The van der Waals surface area contributed by atoms with Crippen LogP contribution in [0.4, 0.5) is 0 Å². The Bertz CT molecular complexity index is 148. The first-order chi connectivity index (χ1) is 4.76. The van der Waals surface area contributed by atoms with Gasteiger partial charge in [0, 0.05) is 0 Å². The van der Waals surface area contributed by atoms with E-state index in [1.807, 2.05) is 0 Å². The SMILES string of the molecule is C[C@H](O)C(C(=O)O)[N+](C)(C)C. The summed E-state index contributed by atoms with van der Waals surface area (Å²) in [5.41, 5.74) is 0. The standard InChI is InChI=1S/C7H15NO3/c1-5(9)6(7(10)11)8(2,3)4/h5-6,9H,1-4H3/p+1/t5-,6?/m0/s1. The minimum atomic E-state index is -0.965. The average Bonchev–Trinajstić information content (AvgIpc) is 1.54. The van der Waals surface area contributed by atoms with Gasteiger partial charge in [0.15, 0.2) is 0 Å². The number of aliphatic carboxylic acids is 1. The lowest BCUT2D eigenvalue weighted by Crippen LogP contribution is -2.55. The van der Waals surface area contributed by atoms with Gasteiger partial charge in [0.25, 0.3) is 0 Å². The third-order valence-electron chi connectivity index (χ3n) is 1.54. The smallest absolute Gasteiger partial charge is 0.365 e. The Kier molecular flexibility index (Phi) is 3.02. The maximum Gasteiger partial charge on any atom is 0.365 e. The van der Waals surface area contributed by atoms with E-state index in [0.717, 1.165) is 0 Å². The van der Waals surface area contributed by atoms with E-state index < -0.39 is 18.1 Å². The molecule has 0 saturated heterocycles. The quantitative estimate of drug-likeness (QED) is 0.551. The zero-order valence-electron chi connectivity index (χ0n) is 7.40. The fourth-order valence-electron chi connectivity index (χ4n) is 1.18. The van der Waals surface area contributed by atoms with Crippen LogP contribution in [0.1, 0.15) is 6.92 Å². The Hall–Kier alpha value is -0.610. The maximum atomic E-state index is 10.6. The molecule has 0 radical (unpaired) electrons. The normalized spacial score (nSPS) is 17.5. The second kappa shape index (κ2) is 3.19. The molecule has 0 aromatic carbocycles. The van der Waals surface area contributed by atoms with Crippen LogP contribution in [0.5, 0.6) is 0 Å². The van der Waals surface area contributed by atoms with E-state index in [9.17, 15) is 4.79 Å². The van der Waals surface area contributed by atoms with Crippen LogP contribution >= 0.6 is 0 Å². The number of carboxylic acid groups (broad SMARTS) is 1. The van der Waals surface area contributed by atoms with E-state index in [0.29, 0.717) is 0 Å². The van der Waals surface area contributed by atoms with Crippen LogP contribution in [0.15, 0.2) is 0 Å². The summed E-state index contributed by atoms with van der Waals surface area (Å²) in [7, 11) is 5.22. The van der Waals surface area contributed by atoms with Crippen LogP contribution in [0.2, 0.25) is 0 Å². The number of quaternary nitrogens is 1. The molecule has 0 aromatic rings. The fourth-order valence-corrected chi connectivity index (χ4v) is 1.18. The molecule has 0 saturated carbocycles. The summed E-state index contributed by atoms with van der Waals surface area (Å²) in [6.45, 7) is 1.49. The Morgan fingerprint density at radius 3 is 1.73 bits per heavy atom. The number of carbonyl (C=O) groups is 1. The second-order valence-corrected chi connectivity index (χ2v) is 3.64. The number of carboxylic acids is 1. The Morgan fingerprint density at radius 1 is 1.36 bits per heavy atom. The molecule has 0 fully saturated rings. The van der Waals surface area contributed by atoms with Crippen molar-refractivity contribution in [1.82, 2.24) is 0 Å². The minimum absolute atomic E-state index is 0.229. The van der Waals surface area contributed by atoms with Crippen molar-refractivity contribution in [2.24, 2.45) is 0 Å². The monoisotopic (exact) mass is 162 g/mol. The second-order valence-electron chi connectivity index (χ2n) is 3.64. The molecule has 0 rings (SSSR count). The lowest BCUT2D eigenvalue weighted by molar-refractivity contribution is -0.890. The van der Waals surface area contributed by atoms with Gasteiger partial charge in [-0.2, -0.15) is 0 Å². The zero-order chi connectivity index (χ0) is 9.23. The topological polar surface area (TPSA) is 57.5 Å². The van der Waals surface area contributed by atoms with Crippen molar-refractivity contribution in [2.45, 2.75) is 19.1 Å². The van der Waals surface area contributed by atoms with Gasteiger partial charge in [-0.3, -0.25) is 0 Å². The molecule has 11 heavy (non-hydrogen) atoms. The predicted molar refractivity (Wildman–Crippen MR) is 41.1 cm³/mol. The predicted octanol–water partition coefficient (Wildman–Crippen LogP) is -0.473. The first-order valence-electron chi connectivity index (χ1n) is 3.49. The van der Waals surface area contributed by atoms with Crippen molar-refractivity contribution in [3.63, 3.8) is 0 Å². The number of rotatable bonds is 3. The molecule has 0 aliphatic heterocycles. The molecule has 4 heteroatoms. The van der Waals surface area contributed by atoms with Gasteiger partial charge in [0.2, 0.25) is 6.04 Å². The number of aliphatic hydroxyl groups excluding tert-OH is 1. The number of hydrogen-bond acceptors (Lipinski definition) is 2. The highest BCUT2D eigenvalue weighted by Gasteiger charge is 2.35. The number of aliphatic hydroxyl groups is 1. The van der Waals surface area contributed by atoms with E-state index in [1.165, 1.54) is 6.92 Å². The van der Waals surface area contributed by atoms with Gasteiger partial charge < -0.3 is 14.7 Å². The Balaban J connectivity index is 4.49. The van der Waals surface area contributed by atoms with Crippen LogP contribution < -0.4 is 0 Å². The van der Waals surface area contributed by atoms with Gasteiger partial charge >= 0.3 is 5.97 Å². The van der Waals surface area contributed by atoms with Gasteiger partial charge in [0.05, 0.1) is 21.1 Å². The van der Waals surface area contributed by atoms with E-state index >= 15 is 0 Å². The average molecular weight is 162 g/mol. The molecule has 66 valence electrons. The Labute approximate surface area is 66.6 Å². The van der Waals surface area contributed by atoms with Crippen LogP contribution in [0, 0.1) is 0 Å². The molecule has 0 aliphatic rings. The molecule has 0 aromatic heterocycles. The van der Waals surface area contributed by atoms with Crippen molar-refractivity contribution < 1.29 is 19.5 Å². The summed E-state index contributed by atoms with van der Waals surface area (Å²) >= 11 is 0. The van der Waals surface area contributed by atoms with Crippen LogP contribution in [0.25, 0.3) is 0 Å². The van der Waals surface area contributed by atoms with Gasteiger partial charge in [-0.05, 0) is 6.92 Å². The summed E-state index contributed by atoms with van der Waals surface area (Å²) < 4.78 is 0.229. The number of nitrogens with zero attached hydrogens (tertiary/aromatic N) is 1. The molecule has 0 spiro atoms. The lowest BCUT2D eigenvalue weighted by Gasteiger charge is -2.32. The van der Waals surface area contributed by atoms with Gasteiger partial charge in [-0.15, -0.1) is 0 Å². The van der Waals surface area contributed by atoms with Gasteiger partial charge in [-0.1, -0.05) is 0 Å². The van der Waals surface area contributed by atoms with Gasteiger partial charge in [-0.25, -0.2) is 4.79 Å². The fraction of sp³-hybridized carbons (Fsp3) is 0.857. The summed E-state index contributed by atoms with van der Waals surface area (Å²) in [5, 5.41) is 17.8. The largest absolute Gasteiger partial charge is 0.477 e. The summed E-state index contributed by atoms with van der Waals surface area (Å²) in [6, 6.07) is -0.755. The summed E-state index contributed by atoms with van der Waals surface area (Å²) in [4.78, 5) is 10.6. The molecule has 2 N–H and O–H groups in total. The van der Waals surface area contributed by atoms with Crippen molar-refractivity contribution >= 4 is 5.97 Å². The molecular formula is C7H16NO3+. The van der Waals surface area contributed by atoms with E-state index in [1.54, 1.807) is 21.1 Å². The summed E-state index contributed by atoms with van der Waals surface area (Å²) in [5.74, 6) is -0.965. The highest BCUT2D eigenvalue weighted by molar-refractivity contribution is 5.72.